The van der Waals surface area contributed by atoms with Crippen LogP contribution in [0, 0.1) is 12.7 Å². The van der Waals surface area contributed by atoms with Crippen molar-refractivity contribution in [1.82, 2.24) is 0 Å². The van der Waals surface area contributed by atoms with Crippen molar-refractivity contribution in [3.8, 4) is 0 Å². The highest BCUT2D eigenvalue weighted by Gasteiger charge is 2.10. The maximum absolute atomic E-state index is 13.3. The summed E-state index contributed by atoms with van der Waals surface area (Å²) in [5.41, 5.74) is 2.08. The van der Waals surface area contributed by atoms with Crippen LogP contribution in [0.15, 0.2) is 42.5 Å². The number of amides is 1. The number of aliphatic hydroxyl groups is 1. The first-order valence-electron chi connectivity index (χ1n) is 5.87. The Kier molecular flexibility index (Phi) is 3.92. The lowest BCUT2D eigenvalue weighted by molar-refractivity contribution is 0.102. The van der Waals surface area contributed by atoms with E-state index < -0.39 is 11.7 Å². The number of hydrogen-bond donors (Lipinski definition) is 2. The highest BCUT2D eigenvalue weighted by atomic mass is 19.1. The van der Waals surface area contributed by atoms with Gasteiger partial charge in [-0.25, -0.2) is 4.39 Å². The van der Waals surface area contributed by atoms with E-state index in [0.29, 0.717) is 16.8 Å². The molecule has 0 aliphatic heterocycles. The highest BCUT2D eigenvalue weighted by molar-refractivity contribution is 6.04. The van der Waals surface area contributed by atoms with Crippen molar-refractivity contribution < 1.29 is 14.3 Å². The topological polar surface area (TPSA) is 49.3 Å². The third-order valence-corrected chi connectivity index (χ3v) is 2.74. The minimum absolute atomic E-state index is 0.168. The van der Waals surface area contributed by atoms with E-state index in [1.54, 1.807) is 37.3 Å². The standard InChI is InChI=1S/C15H14FNO2/c1-10-6-12(8-13(16)7-10)15(19)17-14-5-3-2-4-11(14)9-18/h2-8,18H,9H2,1H3,(H,17,19). The molecule has 0 saturated heterocycles. The van der Waals surface area contributed by atoms with E-state index in [1.807, 2.05) is 0 Å². The number of aliphatic hydroxyl groups excluding tert-OH is 1. The van der Waals surface area contributed by atoms with E-state index >= 15 is 0 Å². The second-order valence-corrected chi connectivity index (χ2v) is 4.29. The summed E-state index contributed by atoms with van der Waals surface area (Å²) in [6, 6.07) is 11.1. The Bertz CT molecular complexity index is 591. The first-order valence-corrected chi connectivity index (χ1v) is 5.87. The number of para-hydroxylation sites is 1. The summed E-state index contributed by atoms with van der Waals surface area (Å²) in [4.78, 5) is 12.0. The molecule has 0 spiro atoms. The van der Waals surface area contributed by atoms with Crippen molar-refractivity contribution in [1.29, 1.82) is 0 Å². The van der Waals surface area contributed by atoms with Crippen molar-refractivity contribution in [2.45, 2.75) is 13.5 Å². The molecule has 0 radical (unpaired) electrons. The summed E-state index contributed by atoms with van der Waals surface area (Å²) in [6.07, 6.45) is 0. The van der Waals surface area contributed by atoms with E-state index in [1.165, 1.54) is 12.1 Å². The van der Waals surface area contributed by atoms with Gasteiger partial charge in [-0.2, -0.15) is 0 Å². The van der Waals surface area contributed by atoms with Crippen LogP contribution in [0.2, 0.25) is 0 Å². The van der Waals surface area contributed by atoms with Crippen LogP contribution < -0.4 is 5.32 Å². The Morgan fingerprint density at radius 1 is 1.26 bits per heavy atom. The maximum Gasteiger partial charge on any atom is 0.255 e. The molecule has 0 heterocycles. The fourth-order valence-electron chi connectivity index (χ4n) is 1.84. The average molecular weight is 259 g/mol. The molecule has 0 saturated carbocycles. The zero-order valence-corrected chi connectivity index (χ0v) is 10.5. The summed E-state index contributed by atoms with van der Waals surface area (Å²) >= 11 is 0. The second kappa shape index (κ2) is 5.63. The van der Waals surface area contributed by atoms with E-state index in [0.717, 1.165) is 0 Å². The van der Waals surface area contributed by atoms with E-state index in [9.17, 15) is 14.3 Å². The van der Waals surface area contributed by atoms with Gasteiger partial charge in [-0.05, 0) is 36.8 Å². The average Bonchev–Trinajstić information content (AvgIpc) is 2.38. The molecule has 98 valence electrons. The summed E-state index contributed by atoms with van der Waals surface area (Å²) in [5, 5.41) is 11.8. The van der Waals surface area contributed by atoms with E-state index in [4.69, 9.17) is 0 Å². The number of anilines is 1. The molecule has 2 N–H and O–H groups in total. The van der Waals surface area contributed by atoms with Crippen molar-refractivity contribution in [3.63, 3.8) is 0 Å². The Morgan fingerprint density at radius 2 is 2.00 bits per heavy atom. The van der Waals surface area contributed by atoms with Crippen LogP contribution in [0.3, 0.4) is 0 Å². The number of aryl methyl sites for hydroxylation is 1. The van der Waals surface area contributed by atoms with Crippen LogP contribution in [0.5, 0.6) is 0 Å². The lowest BCUT2D eigenvalue weighted by Gasteiger charge is -2.09. The fourth-order valence-corrected chi connectivity index (χ4v) is 1.84. The van der Waals surface area contributed by atoms with Gasteiger partial charge in [-0.3, -0.25) is 4.79 Å². The summed E-state index contributed by atoms with van der Waals surface area (Å²) in [7, 11) is 0. The zero-order chi connectivity index (χ0) is 13.8. The van der Waals surface area contributed by atoms with Gasteiger partial charge in [0.1, 0.15) is 5.82 Å². The van der Waals surface area contributed by atoms with Crippen LogP contribution in [0.25, 0.3) is 0 Å². The number of rotatable bonds is 3. The number of halogens is 1. The Hall–Kier alpha value is -2.20. The maximum atomic E-state index is 13.3. The molecule has 4 heteroatoms. The van der Waals surface area contributed by atoms with Crippen LogP contribution >= 0.6 is 0 Å². The van der Waals surface area contributed by atoms with Crippen molar-refractivity contribution in [3.05, 3.63) is 65.0 Å². The molecular formula is C15H14FNO2. The number of hydrogen-bond acceptors (Lipinski definition) is 2. The van der Waals surface area contributed by atoms with Gasteiger partial charge in [-0.15, -0.1) is 0 Å². The lowest BCUT2D eigenvalue weighted by Crippen LogP contribution is -2.13. The van der Waals surface area contributed by atoms with Crippen molar-refractivity contribution in [2.24, 2.45) is 0 Å². The summed E-state index contributed by atoms with van der Waals surface area (Å²) < 4.78 is 13.3. The van der Waals surface area contributed by atoms with Crippen LogP contribution in [0.1, 0.15) is 21.5 Å². The Morgan fingerprint density at radius 3 is 2.68 bits per heavy atom. The van der Waals surface area contributed by atoms with E-state index in [-0.39, 0.29) is 12.2 Å². The first-order chi connectivity index (χ1) is 9.10. The number of benzene rings is 2. The minimum atomic E-state index is -0.444. The second-order valence-electron chi connectivity index (χ2n) is 4.29. The molecule has 2 aromatic rings. The smallest absolute Gasteiger partial charge is 0.255 e. The monoisotopic (exact) mass is 259 g/mol. The van der Waals surface area contributed by atoms with Gasteiger partial charge in [0.2, 0.25) is 0 Å². The molecule has 0 aromatic heterocycles. The van der Waals surface area contributed by atoms with Gasteiger partial charge in [0.25, 0.3) is 5.91 Å². The number of carbonyl (C=O) groups is 1. The van der Waals surface area contributed by atoms with Crippen LogP contribution in [0.4, 0.5) is 10.1 Å². The highest BCUT2D eigenvalue weighted by Crippen LogP contribution is 2.17. The Labute approximate surface area is 110 Å². The normalized spacial score (nSPS) is 10.3. The fraction of sp³-hybridized carbons (Fsp3) is 0.133. The number of nitrogens with one attached hydrogen (secondary N) is 1. The third kappa shape index (κ3) is 3.17. The van der Waals surface area contributed by atoms with Gasteiger partial charge in [-0.1, -0.05) is 18.2 Å². The predicted octanol–water partition coefficient (Wildman–Crippen LogP) is 2.88. The SMILES string of the molecule is Cc1cc(F)cc(C(=O)Nc2ccccc2CO)c1. The molecule has 0 bridgehead atoms. The zero-order valence-electron chi connectivity index (χ0n) is 10.5. The molecule has 2 aromatic carbocycles. The molecule has 2 rings (SSSR count). The van der Waals surface area contributed by atoms with Crippen molar-refractivity contribution in [2.75, 3.05) is 5.32 Å². The third-order valence-electron chi connectivity index (χ3n) is 2.74. The van der Waals surface area contributed by atoms with Gasteiger partial charge >= 0.3 is 0 Å². The molecule has 3 nitrogen and oxygen atoms in total. The van der Waals surface area contributed by atoms with Gasteiger partial charge in [0.05, 0.1) is 6.61 Å². The predicted molar refractivity (Wildman–Crippen MR) is 71.5 cm³/mol. The molecule has 0 unspecified atom stereocenters. The quantitative estimate of drug-likeness (QED) is 0.890. The summed E-state index contributed by atoms with van der Waals surface area (Å²) in [5.74, 6) is -0.843. The van der Waals surface area contributed by atoms with Crippen molar-refractivity contribution >= 4 is 11.6 Å². The molecular weight excluding hydrogens is 245 g/mol. The first kappa shape index (κ1) is 13.2. The molecule has 1 amide bonds. The van der Waals surface area contributed by atoms with Crippen LogP contribution in [-0.4, -0.2) is 11.0 Å². The largest absolute Gasteiger partial charge is 0.392 e. The molecule has 0 atom stereocenters. The Balaban J connectivity index is 2.25. The minimum Gasteiger partial charge on any atom is -0.392 e. The van der Waals surface area contributed by atoms with Crippen LogP contribution in [-0.2, 0) is 6.61 Å². The lowest BCUT2D eigenvalue weighted by atomic mass is 10.1. The van der Waals surface area contributed by atoms with E-state index in [2.05, 4.69) is 5.32 Å². The molecule has 0 aliphatic rings. The summed E-state index contributed by atoms with van der Waals surface area (Å²) in [6.45, 7) is 1.56. The van der Waals surface area contributed by atoms with Gasteiger partial charge < -0.3 is 10.4 Å². The van der Waals surface area contributed by atoms with Gasteiger partial charge in [0, 0.05) is 16.8 Å². The molecule has 19 heavy (non-hydrogen) atoms. The molecule has 0 fully saturated rings. The van der Waals surface area contributed by atoms with Gasteiger partial charge in [0.15, 0.2) is 0 Å². The number of carbonyl (C=O) groups excluding carboxylic acids is 1. The molecule has 0 aliphatic carbocycles.